The molecule has 1 saturated carbocycles. The second kappa shape index (κ2) is 8.47. The number of halogens is 4. The maximum atomic E-state index is 12.8. The minimum absolute atomic E-state index is 0. The number of nitrogens with zero attached hydrogens (tertiary/aromatic N) is 4. The number of aryl methyl sites for hydroxylation is 1. The van der Waals surface area contributed by atoms with Crippen molar-refractivity contribution in [2.45, 2.75) is 42.4 Å². The second-order valence-electron chi connectivity index (χ2n) is 7.99. The summed E-state index contributed by atoms with van der Waals surface area (Å²) >= 11 is 1.60. The molecule has 0 unspecified atom stereocenters. The number of likely N-dealkylation sites (tertiary alicyclic amines) is 1. The van der Waals surface area contributed by atoms with E-state index in [1.54, 1.807) is 23.9 Å². The summed E-state index contributed by atoms with van der Waals surface area (Å²) in [4.78, 5) is 2.47. The highest BCUT2D eigenvalue weighted by molar-refractivity contribution is 7.98. The summed E-state index contributed by atoms with van der Waals surface area (Å²) in [6.07, 6.45) is 1.92. The van der Waals surface area contributed by atoms with E-state index in [9.17, 15) is 13.2 Å². The van der Waals surface area contributed by atoms with E-state index < -0.39 is 11.7 Å². The molecule has 29 heavy (non-hydrogen) atoms. The molecule has 0 amide bonds. The van der Waals surface area contributed by atoms with Crippen LogP contribution >= 0.6 is 24.2 Å². The van der Waals surface area contributed by atoms with E-state index in [1.807, 2.05) is 13.3 Å². The van der Waals surface area contributed by atoms with Crippen LogP contribution in [0.5, 0.6) is 0 Å². The van der Waals surface area contributed by atoms with Crippen molar-refractivity contribution in [1.29, 1.82) is 0 Å². The molecule has 160 valence electrons. The fraction of sp³-hybridized carbons (Fsp3) is 0.600. The number of rotatable bonds is 7. The first kappa shape index (κ1) is 22.4. The third kappa shape index (κ3) is 4.44. The molecular formula is C20H26ClF3N4S. The third-order valence-electron chi connectivity index (χ3n) is 6.24. The Balaban J connectivity index is 0.00000240. The van der Waals surface area contributed by atoms with Gasteiger partial charge in [-0.3, -0.25) is 0 Å². The van der Waals surface area contributed by atoms with Crippen LogP contribution < -0.4 is 0 Å². The number of hydrogen-bond donors (Lipinski definition) is 0. The Kier molecular flexibility index (Phi) is 6.56. The molecule has 1 saturated heterocycles. The van der Waals surface area contributed by atoms with E-state index in [1.165, 1.54) is 12.1 Å². The minimum Gasteiger partial charge on any atom is -0.309 e. The van der Waals surface area contributed by atoms with Gasteiger partial charge in [-0.1, -0.05) is 23.9 Å². The van der Waals surface area contributed by atoms with Crippen molar-refractivity contribution in [3.63, 3.8) is 0 Å². The standard InChI is InChI=1S/C20H25F3N4S.ClH/c1-26-17(24-25-18(26)28-2)5-3-4-10-27-12-16-11-19(16,13-27)14-6-8-15(9-7-14)20(21,22)23;/h6-9,16H,3-5,10-13H2,1-2H3;1H/t16-,19+;/m0./s1. The number of alkyl halides is 3. The van der Waals surface area contributed by atoms with Crippen molar-refractivity contribution in [3.05, 3.63) is 41.2 Å². The fourth-order valence-corrected chi connectivity index (χ4v) is 5.06. The third-order valence-corrected chi connectivity index (χ3v) is 6.96. The van der Waals surface area contributed by atoms with E-state index in [2.05, 4.69) is 19.7 Å². The maximum absolute atomic E-state index is 12.8. The Morgan fingerprint density at radius 1 is 1.17 bits per heavy atom. The largest absolute Gasteiger partial charge is 0.416 e. The Morgan fingerprint density at radius 2 is 1.90 bits per heavy atom. The SMILES string of the molecule is CSc1nnc(CCCCN2C[C@@H]3C[C@]3(c3ccc(C(F)(F)F)cc3)C2)n1C.Cl. The maximum Gasteiger partial charge on any atom is 0.416 e. The predicted molar refractivity (Wildman–Crippen MR) is 111 cm³/mol. The molecule has 1 aromatic carbocycles. The molecule has 2 heterocycles. The molecule has 1 aliphatic heterocycles. The van der Waals surface area contributed by atoms with Crippen LogP contribution in [0, 0.1) is 5.92 Å². The van der Waals surface area contributed by atoms with Crippen LogP contribution in [0.15, 0.2) is 29.4 Å². The smallest absolute Gasteiger partial charge is 0.309 e. The van der Waals surface area contributed by atoms with Gasteiger partial charge in [0.05, 0.1) is 5.56 Å². The van der Waals surface area contributed by atoms with Gasteiger partial charge in [0, 0.05) is 32.0 Å². The molecule has 1 aromatic heterocycles. The number of unbranched alkanes of at least 4 members (excludes halogenated alkanes) is 1. The summed E-state index contributed by atoms with van der Waals surface area (Å²) < 4.78 is 40.4. The molecule has 9 heteroatoms. The number of aromatic nitrogens is 3. The van der Waals surface area contributed by atoms with Crippen LogP contribution in [0.4, 0.5) is 13.2 Å². The highest BCUT2D eigenvalue weighted by Crippen LogP contribution is 2.59. The zero-order valence-corrected chi connectivity index (χ0v) is 18.2. The molecule has 0 radical (unpaired) electrons. The van der Waals surface area contributed by atoms with Gasteiger partial charge in [-0.15, -0.1) is 22.6 Å². The van der Waals surface area contributed by atoms with Crippen molar-refractivity contribution in [2.75, 3.05) is 25.9 Å². The Bertz CT molecular complexity index is 839. The van der Waals surface area contributed by atoms with Crippen molar-refractivity contribution < 1.29 is 13.2 Å². The van der Waals surface area contributed by atoms with Gasteiger partial charge in [0.25, 0.3) is 0 Å². The lowest BCUT2D eigenvalue weighted by atomic mass is 9.94. The Hall–Kier alpha value is -1.25. The number of benzene rings is 1. The van der Waals surface area contributed by atoms with E-state index in [0.717, 1.165) is 61.9 Å². The van der Waals surface area contributed by atoms with Gasteiger partial charge in [0.2, 0.25) is 0 Å². The van der Waals surface area contributed by atoms with Crippen LogP contribution in [-0.4, -0.2) is 45.6 Å². The van der Waals surface area contributed by atoms with E-state index in [-0.39, 0.29) is 17.8 Å². The lowest BCUT2D eigenvalue weighted by molar-refractivity contribution is -0.137. The molecule has 0 bridgehead atoms. The molecule has 4 nitrogen and oxygen atoms in total. The number of hydrogen-bond acceptors (Lipinski definition) is 4. The van der Waals surface area contributed by atoms with Crippen LogP contribution in [-0.2, 0) is 25.1 Å². The molecule has 2 aromatic rings. The summed E-state index contributed by atoms with van der Waals surface area (Å²) in [7, 11) is 2.00. The summed E-state index contributed by atoms with van der Waals surface area (Å²) in [5, 5.41) is 9.35. The quantitative estimate of drug-likeness (QED) is 0.460. The molecule has 2 fully saturated rings. The van der Waals surface area contributed by atoms with Gasteiger partial charge in [0.15, 0.2) is 5.16 Å². The highest BCUT2D eigenvalue weighted by Gasteiger charge is 2.60. The number of fused-ring (bicyclic) bond motifs is 1. The molecule has 0 spiro atoms. The van der Waals surface area contributed by atoms with E-state index in [4.69, 9.17) is 0 Å². The summed E-state index contributed by atoms with van der Waals surface area (Å²) in [6.45, 7) is 3.05. The molecule has 0 N–H and O–H groups in total. The molecule has 1 aliphatic carbocycles. The fourth-order valence-electron chi connectivity index (χ4n) is 4.55. The average molecular weight is 447 g/mol. The van der Waals surface area contributed by atoms with Gasteiger partial charge in [-0.25, -0.2) is 0 Å². The van der Waals surface area contributed by atoms with Crippen LogP contribution in [0.1, 0.15) is 36.2 Å². The summed E-state index contributed by atoms with van der Waals surface area (Å²) in [5.74, 6) is 1.61. The normalized spacial score (nSPS) is 23.7. The zero-order valence-electron chi connectivity index (χ0n) is 16.6. The van der Waals surface area contributed by atoms with Crippen molar-refractivity contribution in [1.82, 2.24) is 19.7 Å². The van der Waals surface area contributed by atoms with Gasteiger partial charge < -0.3 is 9.47 Å². The average Bonchev–Trinajstić information content (AvgIpc) is 3.05. The monoisotopic (exact) mass is 446 g/mol. The molecule has 2 aliphatic rings. The zero-order chi connectivity index (χ0) is 19.9. The lowest BCUT2D eigenvalue weighted by Crippen LogP contribution is -2.27. The Morgan fingerprint density at radius 3 is 2.52 bits per heavy atom. The highest BCUT2D eigenvalue weighted by atomic mass is 35.5. The summed E-state index contributed by atoms with van der Waals surface area (Å²) in [6, 6.07) is 5.82. The topological polar surface area (TPSA) is 34.0 Å². The first-order chi connectivity index (χ1) is 13.3. The molecular weight excluding hydrogens is 421 g/mol. The first-order valence-electron chi connectivity index (χ1n) is 9.66. The van der Waals surface area contributed by atoms with Gasteiger partial charge in [-0.05, 0) is 55.7 Å². The van der Waals surface area contributed by atoms with E-state index in [0.29, 0.717) is 5.92 Å². The van der Waals surface area contributed by atoms with Crippen LogP contribution in [0.3, 0.4) is 0 Å². The number of piperidine rings is 1. The van der Waals surface area contributed by atoms with Gasteiger partial charge >= 0.3 is 6.18 Å². The van der Waals surface area contributed by atoms with Crippen molar-refractivity contribution in [2.24, 2.45) is 13.0 Å². The van der Waals surface area contributed by atoms with Crippen LogP contribution in [0.2, 0.25) is 0 Å². The van der Waals surface area contributed by atoms with Crippen molar-refractivity contribution in [3.8, 4) is 0 Å². The van der Waals surface area contributed by atoms with Gasteiger partial charge in [-0.2, -0.15) is 13.2 Å². The van der Waals surface area contributed by atoms with Crippen molar-refractivity contribution >= 4 is 24.2 Å². The van der Waals surface area contributed by atoms with Gasteiger partial charge in [0.1, 0.15) is 5.82 Å². The first-order valence-corrected chi connectivity index (χ1v) is 10.9. The Labute approximate surface area is 179 Å². The second-order valence-corrected chi connectivity index (χ2v) is 8.76. The molecule has 4 rings (SSSR count). The van der Waals surface area contributed by atoms with E-state index >= 15 is 0 Å². The minimum atomic E-state index is -4.26. The van der Waals surface area contributed by atoms with Crippen LogP contribution in [0.25, 0.3) is 0 Å². The molecule has 2 atom stereocenters. The summed E-state index contributed by atoms with van der Waals surface area (Å²) in [5.41, 5.74) is 0.589. The number of thioether (sulfide) groups is 1. The predicted octanol–water partition coefficient (Wildman–Crippen LogP) is 4.57. The lowest BCUT2D eigenvalue weighted by Gasteiger charge is -2.21.